The topological polar surface area (TPSA) is 40.6 Å². The van der Waals surface area contributed by atoms with Crippen molar-refractivity contribution in [2.75, 3.05) is 26.2 Å². The molecule has 27 heavy (non-hydrogen) atoms. The predicted molar refractivity (Wildman–Crippen MR) is 94.9 cm³/mol. The zero-order valence-electron chi connectivity index (χ0n) is 15.3. The molecule has 2 amide bonds. The molecule has 0 aromatic heterocycles. The third-order valence-electron chi connectivity index (χ3n) is 5.48. The molecule has 0 saturated carbocycles. The number of hydrogen-bond acceptors (Lipinski definition) is 2. The minimum absolute atomic E-state index is 0.0147. The molecule has 1 aromatic carbocycles. The molecule has 1 aromatic rings. The van der Waals surface area contributed by atoms with E-state index in [1.165, 1.54) is 6.07 Å². The van der Waals surface area contributed by atoms with Gasteiger partial charge in [0.05, 0.1) is 12.0 Å². The summed E-state index contributed by atoms with van der Waals surface area (Å²) in [6.07, 6.45) is -0.0924. The number of amides is 2. The van der Waals surface area contributed by atoms with E-state index >= 15 is 0 Å². The van der Waals surface area contributed by atoms with Gasteiger partial charge in [-0.2, -0.15) is 13.2 Å². The van der Waals surface area contributed by atoms with Gasteiger partial charge in [0.2, 0.25) is 11.8 Å². The lowest BCUT2D eigenvalue weighted by atomic mass is 9.94. The summed E-state index contributed by atoms with van der Waals surface area (Å²) in [5.74, 6) is 0.482. The molecule has 7 heteroatoms. The van der Waals surface area contributed by atoms with Crippen molar-refractivity contribution in [2.45, 2.75) is 44.7 Å². The highest BCUT2D eigenvalue weighted by Gasteiger charge is 2.31. The van der Waals surface area contributed by atoms with Gasteiger partial charge in [-0.25, -0.2) is 0 Å². The van der Waals surface area contributed by atoms with Crippen molar-refractivity contribution in [3.8, 4) is 0 Å². The van der Waals surface area contributed by atoms with Gasteiger partial charge in [0, 0.05) is 32.6 Å². The molecule has 148 valence electrons. The summed E-state index contributed by atoms with van der Waals surface area (Å²) in [6, 6.07) is 4.96. The maximum absolute atomic E-state index is 12.8. The lowest BCUT2D eigenvalue weighted by molar-refractivity contribution is -0.138. The molecular weight excluding hydrogens is 357 g/mol. The van der Waals surface area contributed by atoms with Crippen LogP contribution in [0, 0.1) is 5.92 Å². The second-order valence-electron chi connectivity index (χ2n) is 7.50. The third kappa shape index (κ3) is 5.23. The van der Waals surface area contributed by atoms with E-state index in [4.69, 9.17) is 0 Å². The number of piperidine rings is 2. The van der Waals surface area contributed by atoms with E-state index in [2.05, 4.69) is 0 Å². The van der Waals surface area contributed by atoms with Gasteiger partial charge < -0.3 is 9.80 Å². The number of hydrogen-bond donors (Lipinski definition) is 0. The highest BCUT2D eigenvalue weighted by Crippen LogP contribution is 2.30. The quantitative estimate of drug-likeness (QED) is 0.800. The first-order valence-corrected chi connectivity index (χ1v) is 9.54. The van der Waals surface area contributed by atoms with E-state index in [0.717, 1.165) is 50.9 Å². The maximum Gasteiger partial charge on any atom is 0.416 e. The first-order valence-electron chi connectivity index (χ1n) is 9.54. The van der Waals surface area contributed by atoms with Gasteiger partial charge in [-0.3, -0.25) is 9.59 Å². The van der Waals surface area contributed by atoms with E-state index in [1.807, 2.05) is 4.90 Å². The number of halogens is 3. The number of nitrogens with zero attached hydrogens (tertiary/aromatic N) is 2. The lowest BCUT2D eigenvalue weighted by Crippen LogP contribution is -2.44. The zero-order chi connectivity index (χ0) is 19.4. The fraction of sp³-hybridized carbons (Fsp3) is 0.600. The fourth-order valence-electron chi connectivity index (χ4n) is 3.88. The van der Waals surface area contributed by atoms with Crippen molar-refractivity contribution in [1.29, 1.82) is 0 Å². The van der Waals surface area contributed by atoms with Gasteiger partial charge in [0.25, 0.3) is 0 Å². The van der Waals surface area contributed by atoms with Crippen LogP contribution in [-0.4, -0.2) is 47.8 Å². The summed E-state index contributed by atoms with van der Waals surface area (Å²) in [5, 5.41) is 0. The second-order valence-corrected chi connectivity index (χ2v) is 7.50. The molecular formula is C20H25F3N2O2. The Kier molecular flexibility index (Phi) is 6.07. The van der Waals surface area contributed by atoms with Crippen LogP contribution in [-0.2, 0) is 22.2 Å². The molecule has 3 rings (SSSR count). The number of alkyl halides is 3. The van der Waals surface area contributed by atoms with Gasteiger partial charge in [-0.05, 0) is 43.2 Å². The summed E-state index contributed by atoms with van der Waals surface area (Å²) in [4.78, 5) is 28.1. The molecule has 0 spiro atoms. The molecule has 4 nitrogen and oxygen atoms in total. The molecule has 0 atom stereocenters. The van der Waals surface area contributed by atoms with Crippen molar-refractivity contribution in [1.82, 2.24) is 9.80 Å². The molecule has 2 aliphatic heterocycles. The molecule has 0 unspecified atom stereocenters. The second kappa shape index (κ2) is 8.31. The van der Waals surface area contributed by atoms with Gasteiger partial charge in [0.1, 0.15) is 0 Å². The monoisotopic (exact) mass is 382 g/mol. The molecule has 0 aliphatic carbocycles. The first kappa shape index (κ1) is 19.7. The van der Waals surface area contributed by atoms with Gasteiger partial charge in [-0.1, -0.05) is 18.2 Å². The maximum atomic E-state index is 12.8. The van der Waals surface area contributed by atoms with Crippen LogP contribution < -0.4 is 0 Å². The van der Waals surface area contributed by atoms with Crippen LogP contribution in [0.3, 0.4) is 0 Å². The Balaban J connectivity index is 1.49. The molecule has 2 saturated heterocycles. The average molecular weight is 382 g/mol. The standard InChI is InChI=1S/C20H25F3N2O2/c21-20(22,23)17-5-3-4-16(12-17)13-19(27)24-10-7-15(8-11-24)14-25-9-2-1-6-18(25)26/h3-5,12,15H,1-2,6-11,13-14H2. The first-order chi connectivity index (χ1) is 12.8. The summed E-state index contributed by atoms with van der Waals surface area (Å²) >= 11 is 0. The summed E-state index contributed by atoms with van der Waals surface area (Å²) < 4.78 is 38.4. The summed E-state index contributed by atoms with van der Waals surface area (Å²) in [5.41, 5.74) is -0.339. The van der Waals surface area contributed by atoms with Crippen molar-refractivity contribution in [3.05, 3.63) is 35.4 Å². The van der Waals surface area contributed by atoms with Crippen LogP contribution in [0.4, 0.5) is 13.2 Å². The van der Waals surface area contributed by atoms with Crippen molar-refractivity contribution >= 4 is 11.8 Å². The van der Waals surface area contributed by atoms with Crippen molar-refractivity contribution < 1.29 is 22.8 Å². The van der Waals surface area contributed by atoms with Crippen LogP contribution in [0.1, 0.15) is 43.2 Å². The Morgan fingerprint density at radius 3 is 2.52 bits per heavy atom. The molecule has 2 heterocycles. The number of carbonyl (C=O) groups excluding carboxylic acids is 2. The Bertz CT molecular complexity index is 682. The number of carbonyl (C=O) groups is 2. The predicted octanol–water partition coefficient (Wildman–Crippen LogP) is 3.50. The number of benzene rings is 1. The normalized spacial score (nSPS) is 19.4. The number of rotatable bonds is 4. The van der Waals surface area contributed by atoms with Gasteiger partial charge in [0.15, 0.2) is 0 Å². The Morgan fingerprint density at radius 2 is 1.85 bits per heavy atom. The third-order valence-corrected chi connectivity index (χ3v) is 5.48. The molecule has 2 fully saturated rings. The van der Waals surface area contributed by atoms with Crippen LogP contribution >= 0.6 is 0 Å². The zero-order valence-corrected chi connectivity index (χ0v) is 15.3. The minimum Gasteiger partial charge on any atom is -0.342 e. The van der Waals surface area contributed by atoms with Gasteiger partial charge >= 0.3 is 6.18 Å². The largest absolute Gasteiger partial charge is 0.416 e. The molecule has 0 radical (unpaired) electrons. The van der Waals surface area contributed by atoms with Crippen molar-refractivity contribution in [3.63, 3.8) is 0 Å². The number of likely N-dealkylation sites (tertiary alicyclic amines) is 2. The summed E-state index contributed by atoms with van der Waals surface area (Å²) in [7, 11) is 0. The van der Waals surface area contributed by atoms with Crippen LogP contribution in [0.25, 0.3) is 0 Å². The Hall–Kier alpha value is -2.05. The highest BCUT2D eigenvalue weighted by atomic mass is 19.4. The van der Waals surface area contributed by atoms with E-state index in [1.54, 1.807) is 11.0 Å². The van der Waals surface area contributed by atoms with E-state index < -0.39 is 11.7 Å². The van der Waals surface area contributed by atoms with E-state index in [9.17, 15) is 22.8 Å². The lowest BCUT2D eigenvalue weighted by Gasteiger charge is -2.36. The van der Waals surface area contributed by atoms with E-state index in [0.29, 0.717) is 31.0 Å². The van der Waals surface area contributed by atoms with Crippen LogP contribution in [0.5, 0.6) is 0 Å². The Labute approximate surface area is 157 Å². The SMILES string of the molecule is O=C(Cc1cccc(C(F)(F)F)c1)N1CCC(CN2CCCCC2=O)CC1. The molecule has 0 N–H and O–H groups in total. The highest BCUT2D eigenvalue weighted by molar-refractivity contribution is 5.79. The van der Waals surface area contributed by atoms with Crippen LogP contribution in [0.15, 0.2) is 24.3 Å². The smallest absolute Gasteiger partial charge is 0.342 e. The van der Waals surface area contributed by atoms with Crippen molar-refractivity contribution in [2.24, 2.45) is 5.92 Å². The Morgan fingerprint density at radius 1 is 1.11 bits per heavy atom. The molecule has 0 bridgehead atoms. The molecule has 2 aliphatic rings. The minimum atomic E-state index is -4.40. The average Bonchev–Trinajstić information content (AvgIpc) is 2.64. The fourth-order valence-corrected chi connectivity index (χ4v) is 3.88. The van der Waals surface area contributed by atoms with Gasteiger partial charge in [-0.15, -0.1) is 0 Å². The van der Waals surface area contributed by atoms with E-state index in [-0.39, 0.29) is 18.2 Å². The summed E-state index contributed by atoms with van der Waals surface area (Å²) in [6.45, 7) is 2.79. The van der Waals surface area contributed by atoms with Crippen LogP contribution in [0.2, 0.25) is 0 Å².